The van der Waals surface area contributed by atoms with Crippen molar-refractivity contribution in [1.82, 2.24) is 4.90 Å². The van der Waals surface area contributed by atoms with Gasteiger partial charge in [0.25, 0.3) is 0 Å². The molecule has 4 heteroatoms. The van der Waals surface area contributed by atoms with Gasteiger partial charge in [-0.15, -0.1) is 0 Å². The first-order valence-corrected chi connectivity index (χ1v) is 7.31. The second kappa shape index (κ2) is 6.55. The third-order valence-corrected chi connectivity index (χ3v) is 3.87. The van der Waals surface area contributed by atoms with Crippen LogP contribution >= 0.6 is 0 Å². The second-order valence-electron chi connectivity index (χ2n) is 5.30. The van der Waals surface area contributed by atoms with Crippen molar-refractivity contribution in [2.45, 2.75) is 45.1 Å². The van der Waals surface area contributed by atoms with Crippen LogP contribution in [-0.2, 0) is 16.0 Å². The zero-order chi connectivity index (χ0) is 14.5. The number of fused-ring (bicyclic) bond motifs is 1. The molecule has 1 aromatic rings. The van der Waals surface area contributed by atoms with Crippen molar-refractivity contribution in [3.63, 3.8) is 0 Å². The van der Waals surface area contributed by atoms with Gasteiger partial charge in [0, 0.05) is 13.0 Å². The summed E-state index contributed by atoms with van der Waals surface area (Å²) in [6.07, 6.45) is 4.28. The zero-order valence-electron chi connectivity index (χ0n) is 12.0. The van der Waals surface area contributed by atoms with Crippen molar-refractivity contribution in [2.75, 3.05) is 6.54 Å². The molecular formula is C16H22N2O2. The topological polar surface area (TPSA) is 63.4 Å². The maximum atomic E-state index is 12.3. The van der Waals surface area contributed by atoms with Crippen LogP contribution in [-0.4, -0.2) is 23.3 Å². The van der Waals surface area contributed by atoms with Crippen LogP contribution < -0.4 is 5.73 Å². The van der Waals surface area contributed by atoms with E-state index in [4.69, 9.17) is 5.73 Å². The molecule has 1 unspecified atom stereocenters. The molecule has 0 bridgehead atoms. The van der Waals surface area contributed by atoms with E-state index in [-0.39, 0.29) is 5.91 Å². The van der Waals surface area contributed by atoms with E-state index < -0.39 is 11.9 Å². The van der Waals surface area contributed by atoms with Crippen molar-refractivity contribution in [3.05, 3.63) is 35.4 Å². The summed E-state index contributed by atoms with van der Waals surface area (Å²) >= 11 is 0. The molecule has 108 valence electrons. The van der Waals surface area contributed by atoms with Crippen molar-refractivity contribution in [3.8, 4) is 0 Å². The Morgan fingerprint density at radius 1 is 1.30 bits per heavy atom. The Labute approximate surface area is 119 Å². The summed E-state index contributed by atoms with van der Waals surface area (Å²) < 4.78 is 0. The number of amides is 2. The maximum Gasteiger partial charge on any atom is 0.244 e. The first-order valence-electron chi connectivity index (χ1n) is 7.31. The number of hydrogen-bond acceptors (Lipinski definition) is 2. The van der Waals surface area contributed by atoms with E-state index in [0.717, 1.165) is 36.8 Å². The third-order valence-electron chi connectivity index (χ3n) is 3.87. The van der Waals surface area contributed by atoms with Crippen LogP contribution in [0.4, 0.5) is 0 Å². The summed E-state index contributed by atoms with van der Waals surface area (Å²) in [7, 11) is 0. The van der Waals surface area contributed by atoms with Gasteiger partial charge in [-0.05, 0) is 24.0 Å². The van der Waals surface area contributed by atoms with Crippen LogP contribution in [0.25, 0.3) is 0 Å². The summed E-state index contributed by atoms with van der Waals surface area (Å²) in [6.45, 7) is 2.68. The van der Waals surface area contributed by atoms with Crippen molar-refractivity contribution >= 4 is 11.8 Å². The number of hydrogen-bond donors (Lipinski definition) is 1. The minimum atomic E-state index is -0.603. The molecule has 0 fully saturated rings. The summed E-state index contributed by atoms with van der Waals surface area (Å²) in [4.78, 5) is 25.8. The highest BCUT2D eigenvalue weighted by atomic mass is 16.2. The van der Waals surface area contributed by atoms with Gasteiger partial charge in [-0.2, -0.15) is 0 Å². The summed E-state index contributed by atoms with van der Waals surface area (Å²) in [5.41, 5.74) is 7.54. The molecule has 0 aromatic heterocycles. The van der Waals surface area contributed by atoms with E-state index in [1.54, 1.807) is 4.90 Å². The Balaban J connectivity index is 2.18. The van der Waals surface area contributed by atoms with Gasteiger partial charge in [0.05, 0.1) is 0 Å². The average Bonchev–Trinajstić information content (AvgIpc) is 2.45. The van der Waals surface area contributed by atoms with Crippen LogP contribution in [0.2, 0.25) is 0 Å². The number of rotatable bonds is 5. The van der Waals surface area contributed by atoms with Crippen LogP contribution in [0, 0.1) is 0 Å². The van der Waals surface area contributed by atoms with Crippen LogP contribution in [0.5, 0.6) is 0 Å². The average molecular weight is 274 g/mol. The molecule has 0 saturated heterocycles. The lowest BCUT2D eigenvalue weighted by Crippen LogP contribution is -2.45. The fourth-order valence-electron chi connectivity index (χ4n) is 2.81. The van der Waals surface area contributed by atoms with Gasteiger partial charge < -0.3 is 10.6 Å². The molecule has 1 atom stereocenters. The highest BCUT2D eigenvalue weighted by Gasteiger charge is 2.33. The number of primary amides is 1. The van der Waals surface area contributed by atoms with Gasteiger partial charge in [-0.3, -0.25) is 9.59 Å². The lowest BCUT2D eigenvalue weighted by molar-refractivity contribution is -0.140. The van der Waals surface area contributed by atoms with Gasteiger partial charge in [0.2, 0.25) is 11.8 Å². The fraction of sp³-hybridized carbons (Fsp3) is 0.500. The van der Waals surface area contributed by atoms with Crippen LogP contribution in [0.3, 0.4) is 0 Å². The Morgan fingerprint density at radius 2 is 2.05 bits per heavy atom. The lowest BCUT2D eigenvalue weighted by Gasteiger charge is -2.35. The van der Waals surface area contributed by atoms with Gasteiger partial charge in [-0.25, -0.2) is 0 Å². The molecule has 0 aliphatic carbocycles. The smallest absolute Gasteiger partial charge is 0.244 e. The second-order valence-corrected chi connectivity index (χ2v) is 5.30. The van der Waals surface area contributed by atoms with E-state index in [1.165, 1.54) is 0 Å². The van der Waals surface area contributed by atoms with E-state index in [1.807, 2.05) is 24.3 Å². The minimum absolute atomic E-state index is 0.0387. The van der Waals surface area contributed by atoms with Crippen molar-refractivity contribution in [1.29, 1.82) is 0 Å². The lowest BCUT2D eigenvalue weighted by atomic mass is 9.91. The molecule has 0 saturated carbocycles. The fourth-order valence-corrected chi connectivity index (χ4v) is 2.81. The molecule has 20 heavy (non-hydrogen) atoms. The Morgan fingerprint density at radius 3 is 2.75 bits per heavy atom. The SMILES string of the molecule is CCCCCC(=O)N1CCc2ccccc2C1C(N)=O. The maximum absolute atomic E-state index is 12.3. The van der Waals surface area contributed by atoms with Crippen molar-refractivity contribution in [2.24, 2.45) is 5.73 Å². The molecule has 2 amide bonds. The van der Waals surface area contributed by atoms with E-state index in [9.17, 15) is 9.59 Å². The predicted molar refractivity (Wildman–Crippen MR) is 77.9 cm³/mol. The van der Waals surface area contributed by atoms with Crippen molar-refractivity contribution < 1.29 is 9.59 Å². The normalized spacial score (nSPS) is 17.6. The van der Waals surface area contributed by atoms with Gasteiger partial charge >= 0.3 is 0 Å². The Kier molecular flexibility index (Phi) is 4.77. The summed E-state index contributed by atoms with van der Waals surface area (Å²) in [5, 5.41) is 0. The largest absolute Gasteiger partial charge is 0.368 e. The molecule has 1 aliphatic rings. The predicted octanol–water partition coefficient (Wildman–Crippen LogP) is 2.18. The first-order chi connectivity index (χ1) is 9.65. The molecule has 2 rings (SSSR count). The number of carbonyl (C=O) groups excluding carboxylic acids is 2. The molecule has 1 aliphatic heterocycles. The molecule has 0 radical (unpaired) electrons. The number of nitrogens with two attached hydrogens (primary N) is 1. The molecular weight excluding hydrogens is 252 g/mol. The first kappa shape index (κ1) is 14.6. The van der Waals surface area contributed by atoms with Crippen LogP contribution in [0.1, 0.15) is 49.8 Å². The highest BCUT2D eigenvalue weighted by Crippen LogP contribution is 2.30. The number of carbonyl (C=O) groups is 2. The minimum Gasteiger partial charge on any atom is -0.368 e. The van der Waals surface area contributed by atoms with E-state index in [0.29, 0.717) is 13.0 Å². The number of nitrogens with zero attached hydrogens (tertiary/aromatic N) is 1. The zero-order valence-corrected chi connectivity index (χ0v) is 12.0. The number of benzene rings is 1. The quantitative estimate of drug-likeness (QED) is 0.836. The van der Waals surface area contributed by atoms with E-state index >= 15 is 0 Å². The summed E-state index contributed by atoms with van der Waals surface area (Å²) in [6, 6.07) is 7.14. The van der Waals surface area contributed by atoms with E-state index in [2.05, 4.69) is 6.92 Å². The molecule has 2 N–H and O–H groups in total. The summed E-state index contributed by atoms with van der Waals surface area (Å²) in [5.74, 6) is -0.405. The highest BCUT2D eigenvalue weighted by molar-refractivity contribution is 5.88. The number of unbranched alkanes of at least 4 members (excludes halogenated alkanes) is 2. The Hall–Kier alpha value is -1.84. The Bertz CT molecular complexity index is 499. The third kappa shape index (κ3) is 3.00. The van der Waals surface area contributed by atoms with Gasteiger partial charge in [-0.1, -0.05) is 44.0 Å². The molecule has 0 spiro atoms. The monoisotopic (exact) mass is 274 g/mol. The van der Waals surface area contributed by atoms with Gasteiger partial charge in [0.1, 0.15) is 6.04 Å². The van der Waals surface area contributed by atoms with Gasteiger partial charge in [0.15, 0.2) is 0 Å². The van der Waals surface area contributed by atoms with Crippen LogP contribution in [0.15, 0.2) is 24.3 Å². The molecule has 4 nitrogen and oxygen atoms in total. The molecule has 1 heterocycles. The molecule has 1 aromatic carbocycles. The standard InChI is InChI=1S/C16H22N2O2/c1-2-3-4-9-14(19)18-11-10-12-7-5-6-8-13(12)15(18)16(17)20/h5-8,15H,2-4,9-11H2,1H3,(H2,17,20).